The number of imide groups is 1. The number of carbonyl (C=O) groups is 2. The van der Waals surface area contributed by atoms with Crippen molar-refractivity contribution in [2.24, 2.45) is 5.92 Å². The van der Waals surface area contributed by atoms with E-state index in [2.05, 4.69) is 5.32 Å². The molecule has 2 fully saturated rings. The summed E-state index contributed by atoms with van der Waals surface area (Å²) in [6, 6.07) is -0.0304. The van der Waals surface area contributed by atoms with Crippen molar-refractivity contribution in [3.8, 4) is 0 Å². The largest absolute Gasteiger partial charge is 0.337 e. The zero-order chi connectivity index (χ0) is 11.5. The van der Waals surface area contributed by atoms with Gasteiger partial charge < -0.3 is 5.32 Å². The first-order valence-electron chi connectivity index (χ1n) is 6.35. The molecule has 1 unspecified atom stereocenters. The molecule has 3 amide bonds. The summed E-state index contributed by atoms with van der Waals surface area (Å²) < 4.78 is 0. The molecule has 1 N–H and O–H groups in total. The van der Waals surface area contributed by atoms with Crippen LogP contribution in [0.15, 0.2) is 0 Å². The Hall–Kier alpha value is -1.06. The number of carbonyl (C=O) groups excluding carboxylic acids is 2. The summed E-state index contributed by atoms with van der Waals surface area (Å²) in [5, 5.41) is 2.83. The van der Waals surface area contributed by atoms with E-state index in [4.69, 9.17) is 0 Å². The van der Waals surface area contributed by atoms with Crippen LogP contribution in [0.2, 0.25) is 0 Å². The summed E-state index contributed by atoms with van der Waals surface area (Å²) in [4.78, 5) is 25.4. The van der Waals surface area contributed by atoms with Crippen molar-refractivity contribution in [1.82, 2.24) is 10.2 Å². The third-order valence-corrected chi connectivity index (χ3v) is 3.74. The van der Waals surface area contributed by atoms with Gasteiger partial charge in [0.15, 0.2) is 0 Å². The van der Waals surface area contributed by atoms with Crippen LogP contribution in [-0.4, -0.2) is 29.4 Å². The molecule has 1 atom stereocenters. The van der Waals surface area contributed by atoms with Gasteiger partial charge in [-0.25, -0.2) is 4.79 Å². The van der Waals surface area contributed by atoms with Gasteiger partial charge in [0.05, 0.1) is 5.92 Å². The molecule has 1 saturated heterocycles. The lowest BCUT2D eigenvalue weighted by atomic mass is 9.92. The maximum atomic E-state index is 12.1. The van der Waals surface area contributed by atoms with Crippen LogP contribution in [0.1, 0.15) is 45.4 Å². The van der Waals surface area contributed by atoms with Crippen molar-refractivity contribution >= 4 is 11.9 Å². The molecular weight excluding hydrogens is 204 g/mol. The summed E-state index contributed by atoms with van der Waals surface area (Å²) in [5.74, 6) is 0.0257. The zero-order valence-corrected chi connectivity index (χ0v) is 9.87. The highest BCUT2D eigenvalue weighted by molar-refractivity contribution is 5.98. The van der Waals surface area contributed by atoms with Gasteiger partial charge in [-0.2, -0.15) is 0 Å². The zero-order valence-electron chi connectivity index (χ0n) is 9.87. The lowest BCUT2D eigenvalue weighted by molar-refractivity contribution is -0.136. The van der Waals surface area contributed by atoms with E-state index < -0.39 is 0 Å². The maximum Gasteiger partial charge on any atom is 0.324 e. The van der Waals surface area contributed by atoms with Gasteiger partial charge >= 0.3 is 6.03 Å². The fourth-order valence-corrected chi connectivity index (χ4v) is 2.68. The smallest absolute Gasteiger partial charge is 0.324 e. The molecule has 0 spiro atoms. The van der Waals surface area contributed by atoms with Crippen LogP contribution in [0, 0.1) is 5.92 Å². The molecule has 1 aliphatic carbocycles. The first-order chi connectivity index (χ1) is 7.74. The SMILES string of the molecule is CCC1CNC(=O)N(C2CCCCC2)C1=O. The Balaban J connectivity index is 2.09. The number of hydrogen-bond acceptors (Lipinski definition) is 2. The van der Waals surface area contributed by atoms with Crippen molar-refractivity contribution in [3.05, 3.63) is 0 Å². The van der Waals surface area contributed by atoms with Crippen molar-refractivity contribution in [3.63, 3.8) is 0 Å². The third-order valence-electron chi connectivity index (χ3n) is 3.74. The molecule has 16 heavy (non-hydrogen) atoms. The highest BCUT2D eigenvalue weighted by Crippen LogP contribution is 2.26. The van der Waals surface area contributed by atoms with Crippen LogP contribution in [0.25, 0.3) is 0 Å². The van der Waals surface area contributed by atoms with E-state index in [0.29, 0.717) is 6.54 Å². The second-order valence-corrected chi connectivity index (χ2v) is 4.79. The van der Waals surface area contributed by atoms with Crippen LogP contribution >= 0.6 is 0 Å². The van der Waals surface area contributed by atoms with Crippen molar-refractivity contribution < 1.29 is 9.59 Å². The van der Waals surface area contributed by atoms with Crippen molar-refractivity contribution in [1.29, 1.82) is 0 Å². The quantitative estimate of drug-likeness (QED) is 0.778. The molecule has 2 aliphatic rings. The number of hydrogen-bond donors (Lipinski definition) is 1. The Morgan fingerprint density at radius 2 is 1.94 bits per heavy atom. The summed E-state index contributed by atoms with van der Waals surface area (Å²) in [5.41, 5.74) is 0. The Morgan fingerprint density at radius 3 is 2.56 bits per heavy atom. The predicted octanol–water partition coefficient (Wildman–Crippen LogP) is 1.90. The van der Waals surface area contributed by atoms with Gasteiger partial charge in [-0.1, -0.05) is 26.2 Å². The fraction of sp³-hybridized carbons (Fsp3) is 0.833. The average Bonchev–Trinajstić information content (AvgIpc) is 2.31. The van der Waals surface area contributed by atoms with Crippen LogP contribution in [0.4, 0.5) is 4.79 Å². The number of urea groups is 1. The Labute approximate surface area is 96.4 Å². The van der Waals surface area contributed by atoms with Crippen molar-refractivity contribution in [2.45, 2.75) is 51.5 Å². The molecule has 0 bridgehead atoms. The molecular formula is C12H20N2O2. The lowest BCUT2D eigenvalue weighted by Crippen LogP contribution is -2.58. The minimum absolute atomic E-state index is 0.0142. The molecule has 1 saturated carbocycles. The molecule has 0 aromatic rings. The first-order valence-corrected chi connectivity index (χ1v) is 6.35. The highest BCUT2D eigenvalue weighted by Gasteiger charge is 2.37. The minimum Gasteiger partial charge on any atom is -0.337 e. The van der Waals surface area contributed by atoms with Gasteiger partial charge in [-0.15, -0.1) is 0 Å². The standard InChI is InChI=1S/C12H20N2O2/c1-2-9-8-13-12(16)14(11(9)15)10-6-4-3-5-7-10/h9-10H,2-8H2,1H3,(H,13,16). The molecule has 0 aromatic carbocycles. The molecule has 1 aliphatic heterocycles. The molecule has 2 rings (SSSR count). The van der Waals surface area contributed by atoms with E-state index >= 15 is 0 Å². The normalized spacial score (nSPS) is 28.1. The van der Waals surface area contributed by atoms with Gasteiger partial charge in [-0.05, 0) is 19.3 Å². The minimum atomic E-state index is -0.179. The number of amides is 3. The van der Waals surface area contributed by atoms with Gasteiger partial charge in [0.1, 0.15) is 0 Å². The third kappa shape index (κ3) is 2.06. The van der Waals surface area contributed by atoms with Crippen LogP contribution in [0.3, 0.4) is 0 Å². The maximum absolute atomic E-state index is 12.1. The summed E-state index contributed by atoms with van der Waals surface area (Å²) in [7, 11) is 0. The summed E-state index contributed by atoms with van der Waals surface area (Å²) in [6.45, 7) is 2.51. The molecule has 0 radical (unpaired) electrons. The van der Waals surface area contributed by atoms with E-state index in [9.17, 15) is 9.59 Å². The molecule has 4 heteroatoms. The molecule has 90 valence electrons. The number of nitrogens with zero attached hydrogens (tertiary/aromatic N) is 1. The van der Waals surface area contributed by atoms with E-state index in [1.54, 1.807) is 0 Å². The number of nitrogens with one attached hydrogen (secondary N) is 1. The molecule has 1 heterocycles. The van der Waals surface area contributed by atoms with Gasteiger partial charge in [-0.3, -0.25) is 9.69 Å². The fourth-order valence-electron chi connectivity index (χ4n) is 2.68. The number of rotatable bonds is 2. The van der Waals surface area contributed by atoms with Gasteiger partial charge in [0.25, 0.3) is 0 Å². The monoisotopic (exact) mass is 224 g/mol. The second-order valence-electron chi connectivity index (χ2n) is 4.79. The van der Waals surface area contributed by atoms with E-state index in [1.807, 2.05) is 6.92 Å². The predicted molar refractivity (Wildman–Crippen MR) is 60.9 cm³/mol. The Morgan fingerprint density at radius 1 is 1.25 bits per heavy atom. The summed E-state index contributed by atoms with van der Waals surface area (Å²) >= 11 is 0. The molecule has 4 nitrogen and oxygen atoms in total. The topological polar surface area (TPSA) is 49.4 Å². The summed E-state index contributed by atoms with van der Waals surface area (Å²) in [6.07, 6.45) is 6.28. The van der Waals surface area contributed by atoms with Gasteiger partial charge in [0, 0.05) is 12.6 Å². The van der Waals surface area contributed by atoms with Crippen LogP contribution < -0.4 is 5.32 Å². The lowest BCUT2D eigenvalue weighted by Gasteiger charge is -2.38. The van der Waals surface area contributed by atoms with E-state index in [1.165, 1.54) is 11.3 Å². The van der Waals surface area contributed by atoms with Crippen LogP contribution in [0.5, 0.6) is 0 Å². The van der Waals surface area contributed by atoms with Crippen molar-refractivity contribution in [2.75, 3.05) is 6.54 Å². The Bertz CT molecular complexity index is 285. The highest BCUT2D eigenvalue weighted by atomic mass is 16.2. The average molecular weight is 224 g/mol. The van der Waals surface area contributed by atoms with E-state index in [-0.39, 0.29) is 23.9 Å². The van der Waals surface area contributed by atoms with Gasteiger partial charge in [0.2, 0.25) is 5.91 Å². The second kappa shape index (κ2) is 4.85. The molecule has 0 aromatic heterocycles. The first kappa shape index (κ1) is 11.4. The van der Waals surface area contributed by atoms with E-state index in [0.717, 1.165) is 32.1 Å². The Kier molecular flexibility index (Phi) is 3.46. The van der Waals surface area contributed by atoms with Crippen LogP contribution in [-0.2, 0) is 4.79 Å².